The number of carbonyl (C=O) groups excluding carboxylic acids is 2. The van der Waals surface area contributed by atoms with Gasteiger partial charge in [0.2, 0.25) is 5.91 Å². The number of nitrogens with one attached hydrogen (secondary N) is 1. The molecule has 2 amide bonds. The van der Waals surface area contributed by atoms with Crippen molar-refractivity contribution in [2.75, 3.05) is 18.8 Å². The van der Waals surface area contributed by atoms with E-state index in [1.807, 2.05) is 0 Å². The average molecular weight is 332 g/mol. The van der Waals surface area contributed by atoms with Gasteiger partial charge in [-0.3, -0.25) is 9.59 Å². The molecule has 0 radical (unpaired) electrons. The van der Waals surface area contributed by atoms with E-state index < -0.39 is 11.7 Å². The third kappa shape index (κ3) is 4.66. The van der Waals surface area contributed by atoms with Crippen molar-refractivity contribution in [3.63, 3.8) is 0 Å². The standard InChI is InChI=1S/C14H15F3N2O2S/c15-14(16,17)11-3-1-2-10(8-11)9-18-12(20)4-5-19-6-7-22-13(19)21/h1-3,8H,4-7,9H2,(H,18,20). The van der Waals surface area contributed by atoms with Gasteiger partial charge in [0.05, 0.1) is 5.56 Å². The van der Waals surface area contributed by atoms with Gasteiger partial charge in [-0.05, 0) is 17.7 Å². The number of hydrogen-bond donors (Lipinski definition) is 1. The van der Waals surface area contributed by atoms with Crippen LogP contribution >= 0.6 is 11.8 Å². The SMILES string of the molecule is O=C(CCN1CCSC1=O)NCc1cccc(C(F)(F)F)c1. The van der Waals surface area contributed by atoms with Crippen molar-refractivity contribution < 1.29 is 22.8 Å². The Bertz CT molecular complexity index is 563. The Balaban J connectivity index is 1.80. The molecule has 0 saturated carbocycles. The van der Waals surface area contributed by atoms with Gasteiger partial charge in [-0.2, -0.15) is 13.2 Å². The molecule has 1 heterocycles. The summed E-state index contributed by atoms with van der Waals surface area (Å²) < 4.78 is 37.7. The van der Waals surface area contributed by atoms with Crippen LogP contribution in [0.15, 0.2) is 24.3 Å². The van der Waals surface area contributed by atoms with E-state index >= 15 is 0 Å². The van der Waals surface area contributed by atoms with Gasteiger partial charge in [-0.25, -0.2) is 0 Å². The summed E-state index contributed by atoms with van der Waals surface area (Å²) in [4.78, 5) is 24.6. The molecule has 22 heavy (non-hydrogen) atoms. The van der Waals surface area contributed by atoms with Gasteiger partial charge in [0.1, 0.15) is 0 Å². The van der Waals surface area contributed by atoms with Crippen LogP contribution in [0.2, 0.25) is 0 Å². The molecule has 8 heteroatoms. The number of rotatable bonds is 5. The highest BCUT2D eigenvalue weighted by Crippen LogP contribution is 2.29. The number of alkyl halides is 3. The van der Waals surface area contributed by atoms with Crippen LogP contribution in [0.5, 0.6) is 0 Å². The highest BCUT2D eigenvalue weighted by Gasteiger charge is 2.30. The van der Waals surface area contributed by atoms with Crippen LogP contribution in [0, 0.1) is 0 Å². The van der Waals surface area contributed by atoms with Crippen molar-refractivity contribution in [1.29, 1.82) is 0 Å². The molecule has 0 bridgehead atoms. The zero-order valence-corrected chi connectivity index (χ0v) is 12.5. The van der Waals surface area contributed by atoms with Crippen LogP contribution < -0.4 is 5.32 Å². The number of thioether (sulfide) groups is 1. The zero-order chi connectivity index (χ0) is 16.2. The fourth-order valence-electron chi connectivity index (χ4n) is 2.01. The molecule has 120 valence electrons. The molecule has 0 aliphatic carbocycles. The molecule has 1 aromatic carbocycles. The van der Waals surface area contributed by atoms with E-state index in [-0.39, 0.29) is 24.1 Å². The molecule has 0 unspecified atom stereocenters. The molecule has 0 atom stereocenters. The molecule has 0 aromatic heterocycles. The quantitative estimate of drug-likeness (QED) is 0.902. The lowest BCUT2D eigenvalue weighted by molar-refractivity contribution is -0.137. The summed E-state index contributed by atoms with van der Waals surface area (Å²) in [5.41, 5.74) is -0.352. The normalized spacial score (nSPS) is 15.2. The summed E-state index contributed by atoms with van der Waals surface area (Å²) in [5.74, 6) is 0.437. The van der Waals surface area contributed by atoms with Gasteiger partial charge < -0.3 is 10.2 Å². The summed E-state index contributed by atoms with van der Waals surface area (Å²) in [7, 11) is 0. The van der Waals surface area contributed by atoms with Gasteiger partial charge in [-0.15, -0.1) is 0 Å². The first-order valence-electron chi connectivity index (χ1n) is 6.71. The second-order valence-electron chi connectivity index (χ2n) is 4.83. The Labute approximate surface area is 130 Å². The van der Waals surface area contributed by atoms with Gasteiger partial charge in [0.15, 0.2) is 0 Å². The molecule has 1 aliphatic heterocycles. The lowest BCUT2D eigenvalue weighted by atomic mass is 10.1. The van der Waals surface area contributed by atoms with E-state index in [4.69, 9.17) is 0 Å². The molecular weight excluding hydrogens is 317 g/mol. The second-order valence-corrected chi connectivity index (χ2v) is 5.87. The van der Waals surface area contributed by atoms with Gasteiger partial charge in [0.25, 0.3) is 5.24 Å². The molecule has 2 rings (SSSR count). The smallest absolute Gasteiger partial charge is 0.352 e. The molecular formula is C14H15F3N2O2S. The third-order valence-electron chi connectivity index (χ3n) is 3.20. The first-order valence-corrected chi connectivity index (χ1v) is 7.69. The molecule has 1 aliphatic rings. The summed E-state index contributed by atoms with van der Waals surface area (Å²) in [6.07, 6.45) is -4.25. The van der Waals surface area contributed by atoms with Crippen molar-refractivity contribution in [2.24, 2.45) is 0 Å². The van der Waals surface area contributed by atoms with E-state index in [0.717, 1.165) is 17.9 Å². The van der Waals surface area contributed by atoms with E-state index in [1.54, 1.807) is 4.90 Å². The van der Waals surface area contributed by atoms with E-state index in [9.17, 15) is 22.8 Å². The maximum Gasteiger partial charge on any atom is 0.416 e. The third-order valence-corrected chi connectivity index (χ3v) is 4.09. The first-order chi connectivity index (χ1) is 10.4. The van der Waals surface area contributed by atoms with Crippen molar-refractivity contribution in [3.05, 3.63) is 35.4 Å². The minimum atomic E-state index is -4.40. The Kier molecular flexibility index (Phi) is 5.33. The second kappa shape index (κ2) is 7.04. The molecule has 4 nitrogen and oxygen atoms in total. The van der Waals surface area contributed by atoms with E-state index in [0.29, 0.717) is 18.7 Å². The van der Waals surface area contributed by atoms with Crippen LogP contribution in [0.4, 0.5) is 18.0 Å². The van der Waals surface area contributed by atoms with Crippen molar-refractivity contribution in [2.45, 2.75) is 19.1 Å². The molecule has 1 saturated heterocycles. The fourth-order valence-corrected chi connectivity index (χ4v) is 2.86. The molecule has 1 fully saturated rings. The fraction of sp³-hybridized carbons (Fsp3) is 0.429. The number of halogens is 3. The van der Waals surface area contributed by atoms with Crippen molar-refractivity contribution >= 4 is 22.9 Å². The first kappa shape index (κ1) is 16.7. The van der Waals surface area contributed by atoms with Crippen molar-refractivity contribution in [3.8, 4) is 0 Å². The number of nitrogens with zero attached hydrogens (tertiary/aromatic N) is 1. The van der Waals surface area contributed by atoms with Gasteiger partial charge in [0, 0.05) is 31.8 Å². The lowest BCUT2D eigenvalue weighted by Crippen LogP contribution is -2.30. The lowest BCUT2D eigenvalue weighted by Gasteiger charge is -2.14. The van der Waals surface area contributed by atoms with E-state index in [1.165, 1.54) is 23.9 Å². The van der Waals surface area contributed by atoms with Gasteiger partial charge >= 0.3 is 6.18 Å². The van der Waals surface area contributed by atoms with Crippen LogP contribution in [-0.2, 0) is 17.5 Å². The highest BCUT2D eigenvalue weighted by molar-refractivity contribution is 8.13. The van der Waals surface area contributed by atoms with Crippen LogP contribution in [0.1, 0.15) is 17.5 Å². The molecule has 1 N–H and O–H groups in total. The predicted molar refractivity (Wildman–Crippen MR) is 77.3 cm³/mol. The predicted octanol–water partition coefficient (Wildman–Crippen LogP) is 2.88. The summed E-state index contributed by atoms with van der Waals surface area (Å²) in [6, 6.07) is 4.84. The number of amides is 2. The van der Waals surface area contributed by atoms with Crippen molar-refractivity contribution in [1.82, 2.24) is 10.2 Å². The summed E-state index contributed by atoms with van der Waals surface area (Å²) >= 11 is 1.22. The molecule has 0 spiro atoms. The Hall–Kier alpha value is -1.70. The molecule has 1 aromatic rings. The monoisotopic (exact) mass is 332 g/mol. The largest absolute Gasteiger partial charge is 0.416 e. The number of carbonyl (C=O) groups is 2. The van der Waals surface area contributed by atoms with Crippen LogP contribution in [0.3, 0.4) is 0 Å². The van der Waals surface area contributed by atoms with Crippen LogP contribution in [0.25, 0.3) is 0 Å². The Morgan fingerprint density at radius 3 is 2.77 bits per heavy atom. The zero-order valence-electron chi connectivity index (χ0n) is 11.7. The Morgan fingerprint density at radius 2 is 2.14 bits per heavy atom. The number of hydrogen-bond acceptors (Lipinski definition) is 3. The average Bonchev–Trinajstić information content (AvgIpc) is 2.88. The highest BCUT2D eigenvalue weighted by atomic mass is 32.2. The summed E-state index contributed by atoms with van der Waals surface area (Å²) in [6.45, 7) is 0.996. The van der Waals surface area contributed by atoms with Gasteiger partial charge in [-0.1, -0.05) is 23.9 Å². The topological polar surface area (TPSA) is 49.4 Å². The maximum absolute atomic E-state index is 12.6. The minimum absolute atomic E-state index is 0.0332. The summed E-state index contributed by atoms with van der Waals surface area (Å²) in [5, 5.41) is 2.53. The Morgan fingerprint density at radius 1 is 1.36 bits per heavy atom. The van der Waals surface area contributed by atoms with E-state index in [2.05, 4.69) is 5.32 Å². The number of benzene rings is 1. The van der Waals surface area contributed by atoms with Crippen LogP contribution in [-0.4, -0.2) is 34.9 Å². The maximum atomic E-state index is 12.6. The minimum Gasteiger partial charge on any atom is -0.352 e.